The summed E-state index contributed by atoms with van der Waals surface area (Å²) in [5.41, 5.74) is 0.615. The molecule has 0 aliphatic heterocycles. The third-order valence-corrected chi connectivity index (χ3v) is 4.26. The number of hydrogen-bond acceptors (Lipinski definition) is 3. The molecule has 0 aromatic heterocycles. The lowest BCUT2D eigenvalue weighted by molar-refractivity contribution is -0.200. The molecular formula is C20H32F3NO2. The Morgan fingerprint density at radius 1 is 1.00 bits per heavy atom. The van der Waals surface area contributed by atoms with Crippen molar-refractivity contribution in [3.8, 4) is 5.75 Å². The van der Waals surface area contributed by atoms with Gasteiger partial charge in [-0.25, -0.2) is 0 Å². The molecule has 1 aromatic carbocycles. The van der Waals surface area contributed by atoms with Crippen molar-refractivity contribution in [2.45, 2.75) is 71.1 Å². The second-order valence-corrected chi connectivity index (χ2v) is 6.59. The third kappa shape index (κ3) is 8.30. The van der Waals surface area contributed by atoms with Gasteiger partial charge in [0.1, 0.15) is 5.75 Å². The lowest BCUT2D eigenvalue weighted by Crippen LogP contribution is -2.41. The maximum absolute atomic E-state index is 12.8. The van der Waals surface area contributed by atoms with E-state index in [1.54, 1.807) is 23.1 Å². The molecule has 0 bridgehead atoms. The van der Waals surface area contributed by atoms with Gasteiger partial charge >= 0.3 is 6.18 Å². The summed E-state index contributed by atoms with van der Waals surface area (Å²) in [5, 5.41) is 9.55. The molecule has 150 valence electrons. The highest BCUT2D eigenvalue weighted by Gasteiger charge is 2.39. The average Bonchev–Trinajstić information content (AvgIpc) is 2.61. The van der Waals surface area contributed by atoms with Gasteiger partial charge in [0.05, 0.1) is 18.8 Å². The maximum Gasteiger partial charge on any atom is 0.416 e. The first-order valence-corrected chi connectivity index (χ1v) is 9.61. The van der Waals surface area contributed by atoms with Crippen LogP contribution in [0.3, 0.4) is 0 Å². The first-order valence-electron chi connectivity index (χ1n) is 9.61. The number of alkyl halides is 3. The van der Waals surface area contributed by atoms with Crippen LogP contribution in [0.2, 0.25) is 0 Å². The van der Waals surface area contributed by atoms with E-state index in [2.05, 4.69) is 13.8 Å². The summed E-state index contributed by atoms with van der Waals surface area (Å²) < 4.78 is 44.4. The van der Waals surface area contributed by atoms with Crippen molar-refractivity contribution < 1.29 is 23.0 Å². The van der Waals surface area contributed by atoms with Crippen LogP contribution >= 0.6 is 0 Å². The lowest BCUT2D eigenvalue weighted by atomic mass is 10.1. The van der Waals surface area contributed by atoms with Crippen LogP contribution in [0.1, 0.15) is 58.8 Å². The van der Waals surface area contributed by atoms with Gasteiger partial charge in [-0.15, -0.1) is 0 Å². The van der Waals surface area contributed by atoms with Crippen molar-refractivity contribution >= 4 is 5.69 Å². The fourth-order valence-electron chi connectivity index (χ4n) is 2.73. The molecule has 3 nitrogen and oxygen atoms in total. The van der Waals surface area contributed by atoms with E-state index < -0.39 is 18.8 Å². The van der Waals surface area contributed by atoms with Crippen LogP contribution in [0.5, 0.6) is 5.75 Å². The lowest BCUT2D eigenvalue weighted by Gasteiger charge is -2.29. The Bertz CT molecular complexity index is 494. The van der Waals surface area contributed by atoms with Crippen molar-refractivity contribution in [2.75, 3.05) is 24.6 Å². The van der Waals surface area contributed by atoms with Crippen LogP contribution in [-0.4, -0.2) is 37.1 Å². The molecule has 1 N–H and O–H groups in total. The number of benzene rings is 1. The van der Waals surface area contributed by atoms with Gasteiger partial charge in [0, 0.05) is 6.54 Å². The van der Waals surface area contributed by atoms with Crippen molar-refractivity contribution in [1.82, 2.24) is 0 Å². The van der Waals surface area contributed by atoms with Gasteiger partial charge in [-0.05, 0) is 25.0 Å². The van der Waals surface area contributed by atoms with Gasteiger partial charge < -0.3 is 14.7 Å². The monoisotopic (exact) mass is 375 g/mol. The predicted octanol–water partition coefficient (Wildman–Crippen LogP) is 5.57. The Balaban J connectivity index is 2.86. The zero-order chi connectivity index (χ0) is 19.4. The maximum atomic E-state index is 12.8. The number of anilines is 1. The molecule has 1 aromatic rings. The number of hydrogen-bond donors (Lipinski definition) is 1. The van der Waals surface area contributed by atoms with Crippen molar-refractivity contribution in [3.05, 3.63) is 24.3 Å². The number of halogens is 3. The minimum Gasteiger partial charge on any atom is -0.491 e. The Morgan fingerprint density at radius 3 is 2.31 bits per heavy atom. The van der Waals surface area contributed by atoms with Crippen molar-refractivity contribution in [2.24, 2.45) is 0 Å². The van der Waals surface area contributed by atoms with Gasteiger partial charge in [0.25, 0.3) is 0 Å². The van der Waals surface area contributed by atoms with Gasteiger partial charge in [-0.2, -0.15) is 13.2 Å². The molecular weight excluding hydrogens is 343 g/mol. The normalized spacial score (nSPS) is 12.8. The number of aliphatic hydroxyl groups excluding tert-OH is 1. The molecule has 0 radical (unpaired) electrons. The molecule has 0 heterocycles. The van der Waals surface area contributed by atoms with Gasteiger partial charge in [-0.1, -0.05) is 58.1 Å². The Morgan fingerprint density at radius 2 is 1.65 bits per heavy atom. The van der Waals surface area contributed by atoms with E-state index in [1.807, 2.05) is 6.07 Å². The van der Waals surface area contributed by atoms with Gasteiger partial charge in [0.15, 0.2) is 6.10 Å². The predicted molar refractivity (Wildman–Crippen MR) is 99.9 cm³/mol. The molecule has 1 rings (SSSR count). The molecule has 0 saturated heterocycles. The van der Waals surface area contributed by atoms with Crippen molar-refractivity contribution in [1.29, 1.82) is 0 Å². The number of rotatable bonds is 13. The molecule has 0 aliphatic rings. The molecule has 26 heavy (non-hydrogen) atoms. The first-order chi connectivity index (χ1) is 12.4. The number of para-hydroxylation sites is 2. The van der Waals surface area contributed by atoms with Gasteiger partial charge in [-0.3, -0.25) is 0 Å². The zero-order valence-electron chi connectivity index (χ0n) is 15.9. The molecule has 6 heteroatoms. The topological polar surface area (TPSA) is 32.7 Å². The standard InChI is InChI=1S/C20H32F3NO2/c1-3-5-7-10-14-24(16-19(25)20(21,22)23)17-12-8-9-13-18(17)26-15-11-6-4-2/h8-9,12-13,19,25H,3-7,10-11,14-16H2,1-2H3. The molecule has 0 amide bonds. The van der Waals surface area contributed by atoms with E-state index in [1.165, 1.54) is 0 Å². The summed E-state index contributed by atoms with van der Waals surface area (Å²) in [6.07, 6.45) is -0.126. The number of unbranched alkanes of at least 4 members (excludes halogenated alkanes) is 5. The highest BCUT2D eigenvalue weighted by atomic mass is 19.4. The summed E-state index contributed by atoms with van der Waals surface area (Å²) in [6.45, 7) is 4.71. The van der Waals surface area contributed by atoms with Crippen molar-refractivity contribution in [3.63, 3.8) is 0 Å². The number of aliphatic hydroxyl groups is 1. The van der Waals surface area contributed by atoms with E-state index >= 15 is 0 Å². The Kier molecular flexibility index (Phi) is 10.5. The quantitative estimate of drug-likeness (QED) is 0.458. The smallest absolute Gasteiger partial charge is 0.416 e. The summed E-state index contributed by atoms with van der Waals surface area (Å²) in [7, 11) is 0. The van der Waals surface area contributed by atoms with Crippen LogP contribution in [0.4, 0.5) is 18.9 Å². The van der Waals surface area contributed by atoms with Crippen LogP contribution in [0.25, 0.3) is 0 Å². The largest absolute Gasteiger partial charge is 0.491 e. The molecule has 0 spiro atoms. The van der Waals surface area contributed by atoms with E-state index in [-0.39, 0.29) is 0 Å². The second kappa shape index (κ2) is 12.0. The SMILES string of the molecule is CCCCCCN(CC(O)C(F)(F)F)c1ccccc1OCCCCC. The molecule has 0 aliphatic carbocycles. The average molecular weight is 375 g/mol. The highest BCUT2D eigenvalue weighted by Crippen LogP contribution is 2.31. The minimum atomic E-state index is -4.63. The van der Waals surface area contributed by atoms with Crippen LogP contribution in [0, 0.1) is 0 Å². The van der Waals surface area contributed by atoms with E-state index in [0.29, 0.717) is 24.6 Å². The van der Waals surface area contributed by atoms with Crippen LogP contribution in [-0.2, 0) is 0 Å². The van der Waals surface area contributed by atoms with Gasteiger partial charge in [0.2, 0.25) is 0 Å². The minimum absolute atomic E-state index is 0.461. The molecule has 0 saturated carbocycles. The fraction of sp³-hybridized carbons (Fsp3) is 0.700. The summed E-state index contributed by atoms with van der Waals surface area (Å²) in [4.78, 5) is 1.60. The Labute approximate surface area is 155 Å². The summed E-state index contributed by atoms with van der Waals surface area (Å²) in [6, 6.07) is 7.14. The summed E-state index contributed by atoms with van der Waals surface area (Å²) >= 11 is 0. The summed E-state index contributed by atoms with van der Waals surface area (Å²) in [5.74, 6) is 0.577. The zero-order valence-corrected chi connectivity index (χ0v) is 15.9. The van der Waals surface area contributed by atoms with Crippen LogP contribution in [0.15, 0.2) is 24.3 Å². The third-order valence-electron chi connectivity index (χ3n) is 4.26. The highest BCUT2D eigenvalue weighted by molar-refractivity contribution is 5.58. The fourth-order valence-corrected chi connectivity index (χ4v) is 2.73. The molecule has 0 fully saturated rings. The van der Waals surface area contributed by atoms with E-state index in [0.717, 1.165) is 44.9 Å². The van der Waals surface area contributed by atoms with Crippen LogP contribution < -0.4 is 9.64 Å². The second-order valence-electron chi connectivity index (χ2n) is 6.59. The molecule has 1 unspecified atom stereocenters. The number of ether oxygens (including phenoxy) is 1. The Hall–Kier alpha value is -1.43. The molecule has 1 atom stereocenters. The first kappa shape index (κ1) is 22.6. The van der Waals surface area contributed by atoms with E-state index in [9.17, 15) is 18.3 Å². The van der Waals surface area contributed by atoms with E-state index in [4.69, 9.17) is 4.74 Å². The number of nitrogens with zero attached hydrogens (tertiary/aromatic N) is 1.